The maximum atomic E-state index is 4.50. The van der Waals surface area contributed by atoms with Crippen LogP contribution in [0.25, 0.3) is 10.8 Å². The number of nitrogens with one attached hydrogen (secondary N) is 1. The van der Waals surface area contributed by atoms with E-state index < -0.39 is 0 Å². The standard InChI is InChI=1S/C17H22N2/c1-13-6-8-14(9-7-13)12-19-17-16-5-3-2-4-15(16)10-11-18-17/h2-5,10-11,13-14H,6-9,12H2,1H3,(H,18,19). The van der Waals surface area contributed by atoms with E-state index in [1.165, 1.54) is 36.5 Å². The molecule has 2 nitrogen and oxygen atoms in total. The second kappa shape index (κ2) is 5.60. The molecular weight excluding hydrogens is 232 g/mol. The molecule has 1 fully saturated rings. The van der Waals surface area contributed by atoms with Crippen molar-refractivity contribution in [3.05, 3.63) is 36.5 Å². The van der Waals surface area contributed by atoms with Crippen LogP contribution in [-0.2, 0) is 0 Å². The maximum absolute atomic E-state index is 4.50. The van der Waals surface area contributed by atoms with Crippen LogP contribution in [0.5, 0.6) is 0 Å². The fraction of sp³-hybridized carbons (Fsp3) is 0.471. The fourth-order valence-electron chi connectivity index (χ4n) is 3.03. The number of pyridine rings is 1. The average molecular weight is 254 g/mol. The Morgan fingerprint density at radius 1 is 1.11 bits per heavy atom. The predicted octanol–water partition coefficient (Wildman–Crippen LogP) is 4.47. The lowest BCUT2D eigenvalue weighted by atomic mass is 9.83. The number of hydrogen-bond donors (Lipinski definition) is 1. The van der Waals surface area contributed by atoms with Crippen LogP contribution < -0.4 is 5.32 Å². The molecule has 1 aliphatic rings. The largest absolute Gasteiger partial charge is 0.369 e. The van der Waals surface area contributed by atoms with E-state index in [-0.39, 0.29) is 0 Å². The normalized spacial score (nSPS) is 23.4. The van der Waals surface area contributed by atoms with Crippen LogP contribution in [0, 0.1) is 11.8 Å². The Bertz CT molecular complexity index is 536. The molecule has 0 unspecified atom stereocenters. The molecule has 2 heteroatoms. The van der Waals surface area contributed by atoms with Gasteiger partial charge in [-0.25, -0.2) is 4.98 Å². The minimum Gasteiger partial charge on any atom is -0.369 e. The van der Waals surface area contributed by atoms with Gasteiger partial charge < -0.3 is 5.32 Å². The third-order valence-electron chi connectivity index (χ3n) is 4.37. The molecule has 0 spiro atoms. The quantitative estimate of drug-likeness (QED) is 0.874. The van der Waals surface area contributed by atoms with E-state index in [4.69, 9.17) is 0 Å². The second-order valence-electron chi connectivity index (χ2n) is 5.89. The maximum Gasteiger partial charge on any atom is 0.133 e. The van der Waals surface area contributed by atoms with Gasteiger partial charge in [0.25, 0.3) is 0 Å². The van der Waals surface area contributed by atoms with Gasteiger partial charge in [0, 0.05) is 18.1 Å². The van der Waals surface area contributed by atoms with Crippen LogP contribution in [0.1, 0.15) is 32.6 Å². The molecule has 3 rings (SSSR count). The van der Waals surface area contributed by atoms with Crippen molar-refractivity contribution < 1.29 is 0 Å². The van der Waals surface area contributed by atoms with E-state index in [0.717, 1.165) is 24.2 Å². The monoisotopic (exact) mass is 254 g/mol. The molecule has 0 radical (unpaired) electrons. The van der Waals surface area contributed by atoms with E-state index in [1.54, 1.807) is 0 Å². The highest BCUT2D eigenvalue weighted by Gasteiger charge is 2.18. The summed E-state index contributed by atoms with van der Waals surface area (Å²) >= 11 is 0. The van der Waals surface area contributed by atoms with Crippen LogP contribution in [0.2, 0.25) is 0 Å². The Morgan fingerprint density at radius 3 is 2.74 bits per heavy atom. The molecule has 100 valence electrons. The van der Waals surface area contributed by atoms with Crippen LogP contribution in [0.4, 0.5) is 5.82 Å². The Balaban J connectivity index is 1.68. The van der Waals surface area contributed by atoms with Crippen molar-refractivity contribution in [2.45, 2.75) is 32.6 Å². The summed E-state index contributed by atoms with van der Waals surface area (Å²) in [6.07, 6.45) is 7.39. The highest BCUT2D eigenvalue weighted by Crippen LogP contribution is 2.29. The second-order valence-corrected chi connectivity index (χ2v) is 5.89. The van der Waals surface area contributed by atoms with Gasteiger partial charge in [0.15, 0.2) is 0 Å². The summed E-state index contributed by atoms with van der Waals surface area (Å²) in [5.74, 6) is 2.78. The van der Waals surface area contributed by atoms with Crippen molar-refractivity contribution in [3.63, 3.8) is 0 Å². The van der Waals surface area contributed by atoms with Crippen LogP contribution in [-0.4, -0.2) is 11.5 Å². The first-order valence-corrected chi connectivity index (χ1v) is 7.40. The van der Waals surface area contributed by atoms with Crippen molar-refractivity contribution in [3.8, 4) is 0 Å². The lowest BCUT2D eigenvalue weighted by Gasteiger charge is -2.26. The zero-order valence-electron chi connectivity index (χ0n) is 11.6. The fourth-order valence-corrected chi connectivity index (χ4v) is 3.03. The number of anilines is 1. The average Bonchev–Trinajstić information content (AvgIpc) is 2.47. The van der Waals surface area contributed by atoms with Gasteiger partial charge in [-0.3, -0.25) is 0 Å². The van der Waals surface area contributed by atoms with Gasteiger partial charge in [-0.05, 0) is 36.1 Å². The number of fused-ring (bicyclic) bond motifs is 1. The third kappa shape index (κ3) is 2.89. The lowest BCUT2D eigenvalue weighted by Crippen LogP contribution is -2.20. The first-order chi connectivity index (χ1) is 9.33. The summed E-state index contributed by atoms with van der Waals surface area (Å²) < 4.78 is 0. The zero-order chi connectivity index (χ0) is 13.1. The summed E-state index contributed by atoms with van der Waals surface area (Å²) in [5, 5.41) is 6.05. The van der Waals surface area contributed by atoms with E-state index in [0.29, 0.717) is 0 Å². The van der Waals surface area contributed by atoms with Gasteiger partial charge in [-0.1, -0.05) is 44.0 Å². The highest BCUT2D eigenvalue weighted by atomic mass is 15.0. The Labute approximate surface area is 115 Å². The van der Waals surface area contributed by atoms with Crippen molar-refractivity contribution in [1.29, 1.82) is 0 Å². The summed E-state index contributed by atoms with van der Waals surface area (Å²) in [7, 11) is 0. The van der Waals surface area contributed by atoms with Crippen molar-refractivity contribution in [1.82, 2.24) is 4.98 Å². The Hall–Kier alpha value is -1.57. The topological polar surface area (TPSA) is 24.9 Å². The smallest absolute Gasteiger partial charge is 0.133 e. The third-order valence-corrected chi connectivity index (χ3v) is 4.37. The van der Waals surface area contributed by atoms with Crippen LogP contribution in [0.3, 0.4) is 0 Å². The Kier molecular flexibility index (Phi) is 3.67. The van der Waals surface area contributed by atoms with Gasteiger partial charge in [0.05, 0.1) is 0 Å². The highest BCUT2D eigenvalue weighted by molar-refractivity contribution is 5.91. The van der Waals surface area contributed by atoms with E-state index in [9.17, 15) is 0 Å². The number of benzene rings is 1. The molecule has 2 aromatic rings. The molecule has 0 amide bonds. The first kappa shape index (κ1) is 12.5. The van der Waals surface area contributed by atoms with Crippen molar-refractivity contribution in [2.24, 2.45) is 11.8 Å². The molecule has 1 saturated carbocycles. The van der Waals surface area contributed by atoms with Crippen molar-refractivity contribution in [2.75, 3.05) is 11.9 Å². The molecule has 1 heterocycles. The summed E-state index contributed by atoms with van der Waals surface area (Å²) in [6.45, 7) is 3.43. The predicted molar refractivity (Wildman–Crippen MR) is 81.4 cm³/mol. The SMILES string of the molecule is CC1CCC(CNc2nccc3ccccc23)CC1. The first-order valence-electron chi connectivity index (χ1n) is 7.40. The van der Waals surface area contributed by atoms with Gasteiger partial charge >= 0.3 is 0 Å². The number of nitrogens with zero attached hydrogens (tertiary/aromatic N) is 1. The molecule has 0 atom stereocenters. The Morgan fingerprint density at radius 2 is 1.89 bits per heavy atom. The summed E-state index contributed by atoms with van der Waals surface area (Å²) in [6, 6.07) is 10.5. The molecule has 0 saturated heterocycles. The minimum atomic E-state index is 0.817. The molecule has 19 heavy (non-hydrogen) atoms. The van der Waals surface area contributed by atoms with E-state index >= 15 is 0 Å². The van der Waals surface area contributed by atoms with E-state index in [2.05, 4.69) is 47.6 Å². The summed E-state index contributed by atoms with van der Waals surface area (Å²) in [4.78, 5) is 4.50. The molecule has 1 aromatic heterocycles. The zero-order valence-corrected chi connectivity index (χ0v) is 11.6. The molecular formula is C17H22N2. The minimum absolute atomic E-state index is 0.817. The molecule has 1 N–H and O–H groups in total. The van der Waals surface area contributed by atoms with E-state index in [1.807, 2.05) is 6.20 Å². The van der Waals surface area contributed by atoms with Gasteiger partial charge in [-0.2, -0.15) is 0 Å². The van der Waals surface area contributed by atoms with Crippen molar-refractivity contribution >= 4 is 16.6 Å². The van der Waals surface area contributed by atoms with Crippen LogP contribution >= 0.6 is 0 Å². The lowest BCUT2D eigenvalue weighted by molar-refractivity contribution is 0.300. The van der Waals surface area contributed by atoms with Crippen LogP contribution in [0.15, 0.2) is 36.5 Å². The molecule has 0 bridgehead atoms. The van der Waals surface area contributed by atoms with Gasteiger partial charge in [0.1, 0.15) is 5.82 Å². The molecule has 1 aromatic carbocycles. The number of hydrogen-bond acceptors (Lipinski definition) is 2. The molecule has 0 aliphatic heterocycles. The molecule has 1 aliphatic carbocycles. The van der Waals surface area contributed by atoms with Gasteiger partial charge in [-0.15, -0.1) is 0 Å². The van der Waals surface area contributed by atoms with Gasteiger partial charge in [0.2, 0.25) is 0 Å². The number of rotatable bonds is 3. The summed E-state index contributed by atoms with van der Waals surface area (Å²) in [5.41, 5.74) is 0. The number of aromatic nitrogens is 1.